The minimum atomic E-state index is -0.733. The highest BCUT2D eigenvalue weighted by atomic mass is 16.7. The number of nitrogens with one attached hydrogen (secondary N) is 2. The minimum absolute atomic E-state index is 0.0561. The van der Waals surface area contributed by atoms with Gasteiger partial charge < -0.3 is 39.4 Å². The Hall–Kier alpha value is -3.49. The average molecular weight is 390 g/mol. The van der Waals surface area contributed by atoms with Gasteiger partial charge in [0.25, 0.3) is 0 Å². The van der Waals surface area contributed by atoms with Crippen molar-refractivity contribution in [2.75, 3.05) is 35.2 Å². The molecule has 2 amide bonds. The van der Waals surface area contributed by atoms with Crippen molar-refractivity contribution in [3.05, 3.63) is 35.4 Å². The molecule has 3 rings (SSSR count). The van der Waals surface area contributed by atoms with Gasteiger partial charge in [0.1, 0.15) is 5.75 Å². The van der Waals surface area contributed by atoms with Crippen LogP contribution in [0.4, 0.5) is 4.79 Å². The lowest BCUT2D eigenvalue weighted by Crippen LogP contribution is -2.36. The molecule has 9 heteroatoms. The minimum Gasteiger partial charge on any atom is -0.507 e. The topological polar surface area (TPSA) is 108 Å². The SMILES string of the molecule is CNC(=O)N[C@@H](c1cc(OC)c(OC)c(OC)c1)c1cc2c(cc1O)OCO2. The first-order valence-electron chi connectivity index (χ1n) is 8.43. The lowest BCUT2D eigenvalue weighted by Gasteiger charge is -2.23. The van der Waals surface area contributed by atoms with Crippen LogP contribution in [0.15, 0.2) is 24.3 Å². The third kappa shape index (κ3) is 3.51. The second-order valence-electron chi connectivity index (χ2n) is 5.88. The van der Waals surface area contributed by atoms with Gasteiger partial charge in [0.05, 0.1) is 27.4 Å². The lowest BCUT2D eigenvalue weighted by molar-refractivity contribution is 0.174. The van der Waals surface area contributed by atoms with Gasteiger partial charge in [-0.15, -0.1) is 0 Å². The molecule has 0 aliphatic carbocycles. The third-order valence-corrected chi connectivity index (χ3v) is 4.36. The fraction of sp³-hybridized carbons (Fsp3) is 0.316. The van der Waals surface area contributed by atoms with E-state index in [4.69, 9.17) is 23.7 Å². The molecular formula is C19H22N2O7. The van der Waals surface area contributed by atoms with Crippen LogP contribution in [-0.4, -0.2) is 46.3 Å². The maximum atomic E-state index is 12.1. The standard InChI is InChI=1S/C19H22N2O7/c1-20-19(23)21-17(11-7-13-14(8-12(11)22)28-9-27-13)10-5-15(24-2)18(26-4)16(6-10)25-3/h5-8,17,22H,9H2,1-4H3,(H2,20,21,23)/t17-/m0/s1. The number of benzene rings is 2. The van der Waals surface area contributed by atoms with Crippen molar-refractivity contribution >= 4 is 6.03 Å². The normalized spacial score (nSPS) is 12.9. The zero-order chi connectivity index (χ0) is 20.3. The molecule has 1 heterocycles. The Morgan fingerprint density at radius 1 is 1.04 bits per heavy atom. The Morgan fingerprint density at radius 2 is 1.64 bits per heavy atom. The van der Waals surface area contributed by atoms with E-state index < -0.39 is 12.1 Å². The van der Waals surface area contributed by atoms with Gasteiger partial charge in [-0.2, -0.15) is 0 Å². The second kappa shape index (κ2) is 8.03. The molecule has 0 unspecified atom stereocenters. The quantitative estimate of drug-likeness (QED) is 0.694. The number of methoxy groups -OCH3 is 3. The number of amides is 2. The van der Waals surface area contributed by atoms with Crippen LogP contribution in [0.2, 0.25) is 0 Å². The van der Waals surface area contributed by atoms with Crippen LogP contribution in [0, 0.1) is 0 Å². The molecule has 2 aromatic rings. The van der Waals surface area contributed by atoms with Gasteiger partial charge in [0, 0.05) is 18.7 Å². The third-order valence-electron chi connectivity index (χ3n) is 4.36. The van der Waals surface area contributed by atoms with Gasteiger partial charge in [-0.1, -0.05) is 0 Å². The van der Waals surface area contributed by atoms with Gasteiger partial charge in [-0.3, -0.25) is 0 Å². The molecule has 9 nitrogen and oxygen atoms in total. The molecule has 0 radical (unpaired) electrons. The summed E-state index contributed by atoms with van der Waals surface area (Å²) in [4.78, 5) is 12.1. The highest BCUT2D eigenvalue weighted by Gasteiger charge is 2.27. The number of rotatable bonds is 6. The predicted molar refractivity (Wildman–Crippen MR) is 99.8 cm³/mol. The summed E-state index contributed by atoms with van der Waals surface area (Å²) in [6.45, 7) is 0.0654. The summed E-state index contributed by atoms with van der Waals surface area (Å²) < 4.78 is 26.8. The number of fused-ring (bicyclic) bond motifs is 1. The molecule has 28 heavy (non-hydrogen) atoms. The highest BCUT2D eigenvalue weighted by molar-refractivity contribution is 5.75. The van der Waals surface area contributed by atoms with E-state index in [0.717, 1.165) is 0 Å². The number of phenolic OH excluding ortho intramolecular Hbond substituents is 1. The molecule has 150 valence electrons. The van der Waals surface area contributed by atoms with Crippen molar-refractivity contribution in [1.29, 1.82) is 0 Å². The van der Waals surface area contributed by atoms with E-state index in [1.54, 1.807) is 18.2 Å². The summed E-state index contributed by atoms with van der Waals surface area (Å²) in [5.41, 5.74) is 1.02. The molecule has 0 saturated carbocycles. The smallest absolute Gasteiger partial charge is 0.315 e. The molecule has 2 aromatic carbocycles. The van der Waals surface area contributed by atoms with E-state index in [2.05, 4.69) is 10.6 Å². The van der Waals surface area contributed by atoms with Crippen LogP contribution >= 0.6 is 0 Å². The summed E-state index contributed by atoms with van der Waals surface area (Å²) in [5, 5.41) is 15.9. The number of ether oxygens (including phenoxy) is 5. The summed E-state index contributed by atoms with van der Waals surface area (Å²) >= 11 is 0. The first kappa shape index (κ1) is 19.3. The van der Waals surface area contributed by atoms with Crippen LogP contribution in [0.3, 0.4) is 0 Å². The second-order valence-corrected chi connectivity index (χ2v) is 5.88. The van der Waals surface area contributed by atoms with Crippen LogP contribution < -0.4 is 34.3 Å². The van der Waals surface area contributed by atoms with E-state index in [1.165, 1.54) is 34.4 Å². The number of phenols is 1. The largest absolute Gasteiger partial charge is 0.507 e. The van der Waals surface area contributed by atoms with Gasteiger partial charge in [-0.25, -0.2) is 4.79 Å². The monoisotopic (exact) mass is 390 g/mol. The maximum absolute atomic E-state index is 12.1. The summed E-state index contributed by atoms with van der Waals surface area (Å²) in [6, 6.07) is 5.31. The van der Waals surface area contributed by atoms with Crippen LogP contribution in [-0.2, 0) is 0 Å². The van der Waals surface area contributed by atoms with Crippen LogP contribution in [0.5, 0.6) is 34.5 Å². The van der Waals surface area contributed by atoms with Crippen LogP contribution in [0.1, 0.15) is 17.2 Å². The Balaban J connectivity index is 2.15. The number of carbonyl (C=O) groups excluding carboxylic acids is 1. The molecule has 0 spiro atoms. The first-order chi connectivity index (χ1) is 13.5. The molecule has 1 atom stereocenters. The van der Waals surface area contributed by atoms with E-state index in [1.807, 2.05) is 0 Å². The molecule has 0 bridgehead atoms. The number of hydrogen-bond donors (Lipinski definition) is 3. The molecule has 0 saturated heterocycles. The number of hydrogen-bond acceptors (Lipinski definition) is 7. The van der Waals surface area contributed by atoms with Gasteiger partial charge in [0.15, 0.2) is 23.0 Å². The Labute approximate surface area is 162 Å². The fourth-order valence-electron chi connectivity index (χ4n) is 2.99. The van der Waals surface area contributed by atoms with E-state index >= 15 is 0 Å². The van der Waals surface area contributed by atoms with Crippen molar-refractivity contribution in [2.45, 2.75) is 6.04 Å². The molecule has 0 aromatic heterocycles. The van der Waals surface area contributed by atoms with Crippen molar-refractivity contribution < 1.29 is 33.6 Å². The van der Waals surface area contributed by atoms with Gasteiger partial charge in [-0.05, 0) is 23.8 Å². The Bertz CT molecular complexity index is 860. The Morgan fingerprint density at radius 3 is 2.18 bits per heavy atom. The maximum Gasteiger partial charge on any atom is 0.315 e. The highest BCUT2D eigenvalue weighted by Crippen LogP contribution is 2.44. The summed E-state index contributed by atoms with van der Waals surface area (Å²) in [6.07, 6.45) is 0. The van der Waals surface area contributed by atoms with Crippen molar-refractivity contribution in [2.24, 2.45) is 0 Å². The van der Waals surface area contributed by atoms with Crippen molar-refractivity contribution in [3.8, 4) is 34.5 Å². The zero-order valence-electron chi connectivity index (χ0n) is 16.0. The van der Waals surface area contributed by atoms with E-state index in [9.17, 15) is 9.90 Å². The van der Waals surface area contributed by atoms with Crippen LogP contribution in [0.25, 0.3) is 0 Å². The van der Waals surface area contributed by atoms with Crippen molar-refractivity contribution in [3.63, 3.8) is 0 Å². The summed E-state index contributed by atoms with van der Waals surface area (Å²) in [7, 11) is 6.01. The van der Waals surface area contributed by atoms with Crippen molar-refractivity contribution in [1.82, 2.24) is 10.6 Å². The molecule has 3 N–H and O–H groups in total. The predicted octanol–water partition coefficient (Wildman–Crippen LogP) is 2.17. The molecular weight excluding hydrogens is 368 g/mol. The van der Waals surface area contributed by atoms with Gasteiger partial charge in [0.2, 0.25) is 12.5 Å². The average Bonchev–Trinajstić information content (AvgIpc) is 3.17. The summed E-state index contributed by atoms with van der Waals surface area (Å²) in [5.74, 6) is 2.11. The lowest BCUT2D eigenvalue weighted by atomic mass is 9.96. The molecule has 0 fully saturated rings. The zero-order valence-corrected chi connectivity index (χ0v) is 16.0. The number of aromatic hydroxyl groups is 1. The number of carbonyl (C=O) groups is 1. The first-order valence-corrected chi connectivity index (χ1v) is 8.43. The van der Waals surface area contributed by atoms with Gasteiger partial charge >= 0.3 is 6.03 Å². The number of urea groups is 1. The fourth-order valence-corrected chi connectivity index (χ4v) is 2.99. The molecule has 1 aliphatic rings. The molecule has 1 aliphatic heterocycles. The Kier molecular flexibility index (Phi) is 5.53. The van der Waals surface area contributed by atoms with E-state index in [-0.39, 0.29) is 12.5 Å². The van der Waals surface area contributed by atoms with E-state index in [0.29, 0.717) is 39.9 Å².